The lowest BCUT2D eigenvalue weighted by atomic mass is 10.1. The van der Waals surface area contributed by atoms with Crippen LogP contribution in [0.1, 0.15) is 24.0 Å². The van der Waals surface area contributed by atoms with Crippen molar-refractivity contribution in [2.75, 3.05) is 13.1 Å². The number of hydrogen-bond donors (Lipinski definition) is 3. The summed E-state index contributed by atoms with van der Waals surface area (Å²) in [4.78, 5) is 15.2. The minimum Gasteiger partial charge on any atom is -0.361 e. The third kappa shape index (κ3) is 2.56. The molecule has 0 saturated carbocycles. The Kier molecular flexibility index (Phi) is 3.74. The first kappa shape index (κ1) is 13.2. The summed E-state index contributed by atoms with van der Waals surface area (Å²) in [7, 11) is 0. The van der Waals surface area contributed by atoms with E-state index in [-0.39, 0.29) is 11.9 Å². The number of aromatic amines is 1. The van der Waals surface area contributed by atoms with Crippen molar-refractivity contribution in [3.8, 4) is 0 Å². The van der Waals surface area contributed by atoms with E-state index in [0.717, 1.165) is 25.8 Å². The zero-order valence-corrected chi connectivity index (χ0v) is 11.8. The maximum absolute atomic E-state index is 11.9. The van der Waals surface area contributed by atoms with Gasteiger partial charge in [-0.05, 0) is 49.9 Å². The summed E-state index contributed by atoms with van der Waals surface area (Å²) in [6, 6.07) is 6.29. The number of carbonyl (C=O) groups excluding carboxylic acids is 1. The van der Waals surface area contributed by atoms with Crippen molar-refractivity contribution in [2.45, 2.75) is 32.2 Å². The van der Waals surface area contributed by atoms with Crippen molar-refractivity contribution < 1.29 is 4.79 Å². The van der Waals surface area contributed by atoms with Gasteiger partial charge < -0.3 is 15.6 Å². The van der Waals surface area contributed by atoms with Crippen LogP contribution in [0.5, 0.6) is 0 Å². The van der Waals surface area contributed by atoms with Gasteiger partial charge >= 0.3 is 0 Å². The third-order valence-corrected chi connectivity index (χ3v) is 4.07. The Morgan fingerprint density at radius 1 is 1.45 bits per heavy atom. The van der Waals surface area contributed by atoms with E-state index in [4.69, 9.17) is 0 Å². The average molecular weight is 271 g/mol. The molecule has 0 aliphatic carbocycles. The molecule has 2 heterocycles. The molecule has 1 amide bonds. The molecule has 1 unspecified atom stereocenters. The Balaban J connectivity index is 1.61. The molecule has 0 bridgehead atoms. The van der Waals surface area contributed by atoms with Gasteiger partial charge in [-0.2, -0.15) is 0 Å². The number of amides is 1. The van der Waals surface area contributed by atoms with Crippen LogP contribution < -0.4 is 10.6 Å². The van der Waals surface area contributed by atoms with Crippen LogP contribution in [0.4, 0.5) is 0 Å². The monoisotopic (exact) mass is 271 g/mol. The molecule has 4 heteroatoms. The standard InChI is InChI=1S/C16H21N3O/c1-11-4-2-5-13-15(11)12(10-19-13)7-9-18-16(20)14-6-3-8-17-14/h2,4-5,10,14,17,19H,3,6-9H2,1H3,(H,18,20). The van der Waals surface area contributed by atoms with E-state index in [1.807, 2.05) is 0 Å². The SMILES string of the molecule is Cc1cccc2[nH]cc(CCNC(=O)C3CCCN3)c12. The lowest BCUT2D eigenvalue weighted by Gasteiger charge is -2.10. The van der Waals surface area contributed by atoms with Gasteiger partial charge in [-0.25, -0.2) is 0 Å². The Morgan fingerprint density at radius 2 is 2.35 bits per heavy atom. The number of aryl methyl sites for hydroxylation is 1. The number of H-pyrrole nitrogens is 1. The number of nitrogens with one attached hydrogen (secondary N) is 3. The highest BCUT2D eigenvalue weighted by Gasteiger charge is 2.21. The topological polar surface area (TPSA) is 56.9 Å². The second kappa shape index (κ2) is 5.67. The van der Waals surface area contributed by atoms with Gasteiger partial charge in [-0.15, -0.1) is 0 Å². The molecule has 1 atom stereocenters. The van der Waals surface area contributed by atoms with Gasteiger partial charge in [-0.3, -0.25) is 4.79 Å². The summed E-state index contributed by atoms with van der Waals surface area (Å²) in [5, 5.41) is 7.54. The van der Waals surface area contributed by atoms with Crippen molar-refractivity contribution in [1.29, 1.82) is 0 Å². The summed E-state index contributed by atoms with van der Waals surface area (Å²) < 4.78 is 0. The van der Waals surface area contributed by atoms with E-state index in [2.05, 4.69) is 46.9 Å². The van der Waals surface area contributed by atoms with Crippen LogP contribution in [0.15, 0.2) is 24.4 Å². The Morgan fingerprint density at radius 3 is 3.15 bits per heavy atom. The number of carbonyl (C=O) groups is 1. The molecule has 0 radical (unpaired) electrons. The molecular formula is C16H21N3O. The summed E-state index contributed by atoms with van der Waals surface area (Å²) >= 11 is 0. The molecule has 106 valence electrons. The summed E-state index contributed by atoms with van der Waals surface area (Å²) in [5.41, 5.74) is 3.73. The normalized spacial score (nSPS) is 18.6. The molecule has 1 saturated heterocycles. The van der Waals surface area contributed by atoms with E-state index in [9.17, 15) is 4.79 Å². The summed E-state index contributed by atoms with van der Waals surface area (Å²) in [6.45, 7) is 3.78. The molecule has 1 aliphatic rings. The van der Waals surface area contributed by atoms with Gasteiger partial charge in [0, 0.05) is 23.6 Å². The maximum Gasteiger partial charge on any atom is 0.237 e. The number of rotatable bonds is 4. The fourth-order valence-electron chi connectivity index (χ4n) is 3.00. The first-order chi connectivity index (χ1) is 9.75. The maximum atomic E-state index is 11.9. The van der Waals surface area contributed by atoms with Gasteiger partial charge in [0.05, 0.1) is 6.04 Å². The van der Waals surface area contributed by atoms with Crippen LogP contribution in [0.2, 0.25) is 0 Å². The fourth-order valence-corrected chi connectivity index (χ4v) is 3.00. The molecule has 1 aromatic carbocycles. The molecule has 1 aliphatic heterocycles. The van der Waals surface area contributed by atoms with E-state index in [1.54, 1.807) is 0 Å². The molecule has 20 heavy (non-hydrogen) atoms. The van der Waals surface area contributed by atoms with Gasteiger partial charge in [0.1, 0.15) is 0 Å². The zero-order chi connectivity index (χ0) is 13.9. The Bertz CT molecular complexity index is 611. The van der Waals surface area contributed by atoms with E-state index in [0.29, 0.717) is 6.54 Å². The van der Waals surface area contributed by atoms with Crippen molar-refractivity contribution in [2.24, 2.45) is 0 Å². The molecular weight excluding hydrogens is 250 g/mol. The first-order valence-corrected chi connectivity index (χ1v) is 7.32. The molecule has 4 nitrogen and oxygen atoms in total. The molecule has 3 rings (SSSR count). The predicted octanol–water partition coefficient (Wildman–Crippen LogP) is 1.89. The lowest BCUT2D eigenvalue weighted by Crippen LogP contribution is -2.41. The van der Waals surface area contributed by atoms with Crippen molar-refractivity contribution in [3.05, 3.63) is 35.5 Å². The first-order valence-electron chi connectivity index (χ1n) is 7.32. The van der Waals surface area contributed by atoms with Crippen LogP contribution >= 0.6 is 0 Å². The van der Waals surface area contributed by atoms with Crippen molar-refractivity contribution in [3.63, 3.8) is 0 Å². The second-order valence-corrected chi connectivity index (χ2v) is 5.50. The highest BCUT2D eigenvalue weighted by Crippen LogP contribution is 2.22. The largest absolute Gasteiger partial charge is 0.361 e. The van der Waals surface area contributed by atoms with E-state index >= 15 is 0 Å². The molecule has 2 aromatic rings. The molecule has 0 spiro atoms. The van der Waals surface area contributed by atoms with E-state index in [1.165, 1.54) is 22.0 Å². The average Bonchev–Trinajstić information content (AvgIpc) is 3.08. The Labute approximate surface area is 118 Å². The number of fused-ring (bicyclic) bond motifs is 1. The van der Waals surface area contributed by atoms with Gasteiger partial charge in [0.15, 0.2) is 0 Å². The van der Waals surface area contributed by atoms with Crippen molar-refractivity contribution in [1.82, 2.24) is 15.6 Å². The third-order valence-electron chi connectivity index (χ3n) is 4.07. The molecule has 1 aromatic heterocycles. The number of benzene rings is 1. The molecule has 3 N–H and O–H groups in total. The van der Waals surface area contributed by atoms with Crippen LogP contribution in [-0.2, 0) is 11.2 Å². The number of hydrogen-bond acceptors (Lipinski definition) is 2. The zero-order valence-electron chi connectivity index (χ0n) is 11.8. The van der Waals surface area contributed by atoms with Crippen LogP contribution in [0.3, 0.4) is 0 Å². The van der Waals surface area contributed by atoms with Crippen LogP contribution in [-0.4, -0.2) is 30.0 Å². The second-order valence-electron chi connectivity index (χ2n) is 5.50. The molecule has 1 fully saturated rings. The highest BCUT2D eigenvalue weighted by atomic mass is 16.2. The highest BCUT2D eigenvalue weighted by molar-refractivity contribution is 5.86. The summed E-state index contributed by atoms with van der Waals surface area (Å²) in [6.07, 6.45) is 4.97. The predicted molar refractivity (Wildman–Crippen MR) is 80.8 cm³/mol. The number of aromatic nitrogens is 1. The van der Waals surface area contributed by atoms with Gasteiger partial charge in [0.25, 0.3) is 0 Å². The van der Waals surface area contributed by atoms with Gasteiger partial charge in [0.2, 0.25) is 5.91 Å². The van der Waals surface area contributed by atoms with Gasteiger partial charge in [-0.1, -0.05) is 12.1 Å². The smallest absolute Gasteiger partial charge is 0.237 e. The van der Waals surface area contributed by atoms with E-state index < -0.39 is 0 Å². The van der Waals surface area contributed by atoms with Crippen molar-refractivity contribution >= 4 is 16.8 Å². The minimum absolute atomic E-state index is 0.0136. The van der Waals surface area contributed by atoms with Crippen LogP contribution in [0, 0.1) is 6.92 Å². The minimum atomic E-state index is 0.0136. The fraction of sp³-hybridized carbons (Fsp3) is 0.438. The Hall–Kier alpha value is -1.81. The lowest BCUT2D eigenvalue weighted by molar-refractivity contribution is -0.122. The van der Waals surface area contributed by atoms with Crippen LogP contribution in [0.25, 0.3) is 10.9 Å². The quantitative estimate of drug-likeness (QED) is 0.795. The summed E-state index contributed by atoms with van der Waals surface area (Å²) in [5.74, 6) is 0.138.